The van der Waals surface area contributed by atoms with Gasteiger partial charge in [0.1, 0.15) is 5.82 Å². The van der Waals surface area contributed by atoms with Gasteiger partial charge in [-0.1, -0.05) is 13.8 Å². The Morgan fingerprint density at radius 3 is 2.94 bits per heavy atom. The Kier molecular flexibility index (Phi) is 4.03. The maximum absolute atomic E-state index is 13.2. The van der Waals surface area contributed by atoms with Crippen molar-refractivity contribution in [3.05, 3.63) is 28.5 Å². The zero-order valence-electron chi connectivity index (χ0n) is 10.1. The molecule has 1 saturated heterocycles. The van der Waals surface area contributed by atoms with Crippen molar-refractivity contribution in [2.24, 2.45) is 5.41 Å². The summed E-state index contributed by atoms with van der Waals surface area (Å²) in [5.74, 6) is 2.10. The zero-order valence-corrected chi connectivity index (χ0v) is 12.5. The molecule has 1 unspecified atom stereocenters. The van der Waals surface area contributed by atoms with Crippen molar-refractivity contribution in [3.8, 4) is 0 Å². The maximum atomic E-state index is 13.2. The van der Waals surface area contributed by atoms with Gasteiger partial charge in [-0.15, -0.1) is 0 Å². The van der Waals surface area contributed by atoms with Crippen LogP contribution in [-0.4, -0.2) is 17.5 Å². The summed E-state index contributed by atoms with van der Waals surface area (Å²) >= 11 is 5.42. The van der Waals surface area contributed by atoms with Crippen LogP contribution < -0.4 is 5.32 Å². The van der Waals surface area contributed by atoms with Gasteiger partial charge in [-0.25, -0.2) is 4.39 Å². The number of benzene rings is 1. The lowest BCUT2D eigenvalue weighted by Crippen LogP contribution is -2.41. The van der Waals surface area contributed by atoms with E-state index in [-0.39, 0.29) is 11.2 Å². The van der Waals surface area contributed by atoms with Gasteiger partial charge in [0.05, 0.1) is 5.69 Å². The summed E-state index contributed by atoms with van der Waals surface area (Å²) in [6.07, 6.45) is 1.20. The van der Waals surface area contributed by atoms with Gasteiger partial charge in [0, 0.05) is 16.3 Å². The van der Waals surface area contributed by atoms with Crippen molar-refractivity contribution in [1.29, 1.82) is 0 Å². The number of hydrogen-bond donors (Lipinski definition) is 1. The summed E-state index contributed by atoms with van der Waals surface area (Å²) in [7, 11) is 0. The Morgan fingerprint density at radius 1 is 1.47 bits per heavy atom. The van der Waals surface area contributed by atoms with E-state index in [2.05, 4.69) is 35.1 Å². The molecule has 0 spiro atoms. The van der Waals surface area contributed by atoms with Crippen LogP contribution in [0.4, 0.5) is 10.1 Å². The minimum absolute atomic E-state index is 0.197. The van der Waals surface area contributed by atoms with E-state index < -0.39 is 0 Å². The molecule has 1 aromatic carbocycles. The molecule has 0 bridgehead atoms. The molecule has 0 aromatic heterocycles. The Labute approximate surface area is 115 Å². The maximum Gasteiger partial charge on any atom is 0.125 e. The van der Waals surface area contributed by atoms with E-state index >= 15 is 0 Å². The van der Waals surface area contributed by atoms with Gasteiger partial charge in [-0.3, -0.25) is 0 Å². The summed E-state index contributed by atoms with van der Waals surface area (Å²) in [6.45, 7) is 4.55. The fourth-order valence-electron chi connectivity index (χ4n) is 1.97. The second kappa shape index (κ2) is 5.19. The number of rotatable bonds is 2. The molecule has 0 saturated carbocycles. The third-order valence-corrected chi connectivity index (χ3v) is 5.13. The van der Waals surface area contributed by atoms with Crippen LogP contribution in [0, 0.1) is 11.2 Å². The second-order valence-electron chi connectivity index (χ2n) is 5.13. The Balaban J connectivity index is 2.16. The molecule has 4 heteroatoms. The van der Waals surface area contributed by atoms with Crippen LogP contribution in [0.25, 0.3) is 0 Å². The summed E-state index contributed by atoms with van der Waals surface area (Å²) in [4.78, 5) is 0. The SMILES string of the molecule is CC1(C)CCSCC1Nc1cc(F)ccc1Br. The summed E-state index contributed by atoms with van der Waals surface area (Å²) < 4.78 is 14.1. The Morgan fingerprint density at radius 2 is 2.24 bits per heavy atom. The highest BCUT2D eigenvalue weighted by Crippen LogP contribution is 2.37. The van der Waals surface area contributed by atoms with Gasteiger partial charge < -0.3 is 5.32 Å². The molecule has 1 aliphatic rings. The van der Waals surface area contributed by atoms with Crippen LogP contribution in [0.1, 0.15) is 20.3 Å². The smallest absolute Gasteiger partial charge is 0.125 e. The Hall–Kier alpha value is -0.220. The standard InChI is InChI=1S/C13H17BrFNS/c1-13(2)5-6-17-8-12(13)16-11-7-9(15)3-4-10(11)14/h3-4,7,12,16H,5-6,8H2,1-2H3. The van der Waals surface area contributed by atoms with Gasteiger partial charge in [0.15, 0.2) is 0 Å². The number of nitrogens with one attached hydrogen (secondary N) is 1. The third kappa shape index (κ3) is 3.16. The van der Waals surface area contributed by atoms with E-state index in [0.717, 1.165) is 15.9 Å². The van der Waals surface area contributed by atoms with Crippen molar-refractivity contribution >= 4 is 33.4 Å². The lowest BCUT2D eigenvalue weighted by molar-refractivity contribution is 0.305. The van der Waals surface area contributed by atoms with Crippen molar-refractivity contribution in [1.82, 2.24) is 0 Å². The summed E-state index contributed by atoms with van der Waals surface area (Å²) in [5, 5.41) is 3.47. The summed E-state index contributed by atoms with van der Waals surface area (Å²) in [6, 6.07) is 5.16. The first-order valence-corrected chi connectivity index (χ1v) is 7.73. The number of hydrogen-bond acceptors (Lipinski definition) is 2. The molecule has 0 aliphatic carbocycles. The van der Waals surface area contributed by atoms with E-state index in [1.165, 1.54) is 18.2 Å². The van der Waals surface area contributed by atoms with Gasteiger partial charge in [-0.2, -0.15) is 11.8 Å². The first-order chi connectivity index (χ1) is 7.99. The van der Waals surface area contributed by atoms with Crippen LogP contribution >= 0.6 is 27.7 Å². The van der Waals surface area contributed by atoms with E-state index in [1.807, 2.05) is 11.8 Å². The number of anilines is 1. The average Bonchev–Trinajstić information content (AvgIpc) is 2.26. The number of halogens is 2. The highest BCUT2D eigenvalue weighted by molar-refractivity contribution is 9.10. The van der Waals surface area contributed by atoms with Gasteiger partial charge >= 0.3 is 0 Å². The minimum atomic E-state index is -0.197. The van der Waals surface area contributed by atoms with Crippen LogP contribution in [0.15, 0.2) is 22.7 Å². The quantitative estimate of drug-likeness (QED) is 0.860. The molecule has 94 valence electrons. The van der Waals surface area contributed by atoms with E-state index in [0.29, 0.717) is 6.04 Å². The van der Waals surface area contributed by atoms with Gasteiger partial charge in [0.2, 0.25) is 0 Å². The molecule has 1 fully saturated rings. The molecule has 1 nitrogen and oxygen atoms in total. The Bertz CT molecular complexity index is 408. The van der Waals surface area contributed by atoms with Crippen molar-refractivity contribution in [3.63, 3.8) is 0 Å². The van der Waals surface area contributed by atoms with Gasteiger partial charge in [-0.05, 0) is 51.7 Å². The molecule has 1 aromatic rings. The predicted octanol–water partition coefficient (Wildman–Crippen LogP) is 4.53. The lowest BCUT2D eigenvalue weighted by atomic mass is 9.82. The van der Waals surface area contributed by atoms with Crippen molar-refractivity contribution in [2.75, 3.05) is 16.8 Å². The van der Waals surface area contributed by atoms with Crippen LogP contribution in [0.3, 0.4) is 0 Å². The fraction of sp³-hybridized carbons (Fsp3) is 0.538. The minimum Gasteiger partial charge on any atom is -0.380 e. The van der Waals surface area contributed by atoms with E-state index in [9.17, 15) is 4.39 Å². The first-order valence-electron chi connectivity index (χ1n) is 5.78. The predicted molar refractivity (Wildman–Crippen MR) is 77.2 cm³/mol. The second-order valence-corrected chi connectivity index (χ2v) is 7.14. The highest BCUT2D eigenvalue weighted by Gasteiger charge is 2.32. The average molecular weight is 318 g/mol. The fourth-order valence-corrected chi connectivity index (χ4v) is 3.94. The normalized spacial score (nSPS) is 23.4. The molecule has 1 atom stereocenters. The van der Waals surface area contributed by atoms with Gasteiger partial charge in [0.25, 0.3) is 0 Å². The molecule has 17 heavy (non-hydrogen) atoms. The molecule has 0 amide bonds. The molecule has 1 aliphatic heterocycles. The van der Waals surface area contributed by atoms with Crippen LogP contribution in [0.2, 0.25) is 0 Å². The molecule has 1 N–H and O–H groups in total. The first kappa shape index (κ1) is 13.2. The molecular weight excluding hydrogens is 301 g/mol. The topological polar surface area (TPSA) is 12.0 Å². The summed E-state index contributed by atoms with van der Waals surface area (Å²) in [5.41, 5.74) is 1.11. The number of thioether (sulfide) groups is 1. The molecule has 2 rings (SSSR count). The van der Waals surface area contributed by atoms with Crippen LogP contribution in [0.5, 0.6) is 0 Å². The van der Waals surface area contributed by atoms with Crippen molar-refractivity contribution in [2.45, 2.75) is 26.3 Å². The third-order valence-electron chi connectivity index (χ3n) is 3.38. The van der Waals surface area contributed by atoms with Crippen LogP contribution in [-0.2, 0) is 0 Å². The van der Waals surface area contributed by atoms with Crippen molar-refractivity contribution < 1.29 is 4.39 Å². The molecular formula is C13H17BrFNS. The molecule has 0 radical (unpaired) electrons. The lowest BCUT2D eigenvalue weighted by Gasteiger charge is -2.39. The van der Waals surface area contributed by atoms with E-state index in [4.69, 9.17) is 0 Å². The highest BCUT2D eigenvalue weighted by atomic mass is 79.9. The largest absolute Gasteiger partial charge is 0.380 e. The van der Waals surface area contributed by atoms with E-state index in [1.54, 1.807) is 12.1 Å². The zero-order chi connectivity index (χ0) is 12.5. The monoisotopic (exact) mass is 317 g/mol. The molecule has 1 heterocycles.